The van der Waals surface area contributed by atoms with Gasteiger partial charge in [0, 0.05) is 23.6 Å². The van der Waals surface area contributed by atoms with E-state index in [-0.39, 0.29) is 16.8 Å². The summed E-state index contributed by atoms with van der Waals surface area (Å²) < 4.78 is 27.2. The largest absolute Gasteiger partial charge is 0.349 e. The number of hydrogen-bond donors (Lipinski definition) is 1. The number of amides is 1. The fourth-order valence-electron chi connectivity index (χ4n) is 2.55. The van der Waals surface area contributed by atoms with Gasteiger partial charge in [-0.25, -0.2) is 8.42 Å². The molecule has 0 radical (unpaired) electrons. The minimum Gasteiger partial charge on any atom is -0.349 e. The second kappa shape index (κ2) is 7.32. The Balaban J connectivity index is 2.29. The van der Waals surface area contributed by atoms with E-state index in [0.717, 1.165) is 12.8 Å². The van der Waals surface area contributed by atoms with Crippen LogP contribution in [0.4, 0.5) is 0 Å². The lowest BCUT2D eigenvalue weighted by Gasteiger charge is -2.19. The monoisotopic (exact) mass is 402 g/mol. The first-order valence-electron chi connectivity index (χ1n) is 7.91. The lowest BCUT2D eigenvalue weighted by Crippen LogP contribution is -2.34. The predicted octanol–water partition coefficient (Wildman–Crippen LogP) is 3.01. The molecule has 0 spiro atoms. The number of nitrogens with one attached hydrogen (secondary N) is 1. The number of halogens is 1. The maximum absolute atomic E-state index is 12.6. The van der Waals surface area contributed by atoms with E-state index in [0.29, 0.717) is 29.0 Å². The van der Waals surface area contributed by atoms with E-state index in [1.54, 1.807) is 19.9 Å². The molecule has 1 amide bonds. The van der Waals surface area contributed by atoms with Crippen molar-refractivity contribution in [1.82, 2.24) is 9.62 Å². The second-order valence-corrected chi connectivity index (χ2v) is 8.62. The zero-order chi connectivity index (χ0) is 17.2. The number of hydrogen-bond acceptors (Lipinski definition) is 3. The van der Waals surface area contributed by atoms with Crippen LogP contribution in [-0.2, 0) is 10.0 Å². The molecular weight excluding hydrogens is 380 g/mol. The quantitative estimate of drug-likeness (QED) is 0.761. The van der Waals surface area contributed by atoms with Crippen LogP contribution in [0.1, 0.15) is 44.0 Å². The molecule has 1 saturated carbocycles. The van der Waals surface area contributed by atoms with Crippen LogP contribution in [-0.4, -0.2) is 37.8 Å². The van der Waals surface area contributed by atoms with Crippen LogP contribution >= 0.6 is 15.9 Å². The first-order valence-corrected chi connectivity index (χ1v) is 10.1. The Bertz CT molecular complexity index is 683. The second-order valence-electron chi connectivity index (χ2n) is 5.83. The Morgan fingerprint density at radius 3 is 2.48 bits per heavy atom. The van der Waals surface area contributed by atoms with Crippen molar-refractivity contribution in [3.63, 3.8) is 0 Å². The molecule has 1 aromatic carbocycles. The summed E-state index contributed by atoms with van der Waals surface area (Å²) in [6, 6.07) is 4.70. The normalized spacial score (nSPS) is 16.4. The minimum atomic E-state index is -3.57. The van der Waals surface area contributed by atoms with E-state index in [9.17, 15) is 13.2 Å². The molecule has 128 valence electrons. The van der Waals surface area contributed by atoms with Crippen molar-refractivity contribution in [2.75, 3.05) is 13.1 Å². The highest BCUT2D eigenvalue weighted by atomic mass is 79.9. The van der Waals surface area contributed by atoms with E-state index >= 15 is 0 Å². The van der Waals surface area contributed by atoms with Crippen LogP contribution in [0.3, 0.4) is 0 Å². The van der Waals surface area contributed by atoms with Gasteiger partial charge in [-0.2, -0.15) is 4.31 Å². The average Bonchev–Trinajstić information content (AvgIpc) is 3.32. The molecule has 0 aliphatic heterocycles. The lowest BCUT2D eigenvalue weighted by atomic mass is 10.1. The van der Waals surface area contributed by atoms with Crippen LogP contribution in [0.2, 0.25) is 0 Å². The van der Waals surface area contributed by atoms with Gasteiger partial charge in [0.1, 0.15) is 0 Å². The third-order valence-electron chi connectivity index (χ3n) is 4.21. The Kier molecular flexibility index (Phi) is 5.86. The predicted molar refractivity (Wildman–Crippen MR) is 93.9 cm³/mol. The maximum Gasteiger partial charge on any atom is 0.252 e. The van der Waals surface area contributed by atoms with E-state index in [1.165, 1.54) is 16.4 Å². The summed E-state index contributed by atoms with van der Waals surface area (Å²) in [6.45, 7) is 6.37. The first kappa shape index (κ1) is 18.4. The molecule has 1 aliphatic rings. The fourth-order valence-corrected chi connectivity index (χ4v) is 4.46. The Hall–Kier alpha value is -0.920. The number of carbonyl (C=O) groups excluding carboxylic acids is 1. The SMILES string of the molecule is CCN(CC)S(=O)(=O)c1ccc(Br)c(C(=O)NC(C)C2CC2)c1. The van der Waals surface area contributed by atoms with Crippen molar-refractivity contribution < 1.29 is 13.2 Å². The van der Waals surface area contributed by atoms with Crippen molar-refractivity contribution in [2.45, 2.75) is 44.6 Å². The van der Waals surface area contributed by atoms with Crippen LogP contribution < -0.4 is 5.32 Å². The summed E-state index contributed by atoms with van der Waals surface area (Å²) in [7, 11) is -3.57. The van der Waals surface area contributed by atoms with Gasteiger partial charge < -0.3 is 5.32 Å². The van der Waals surface area contributed by atoms with Gasteiger partial charge in [-0.05, 0) is 59.8 Å². The summed E-state index contributed by atoms with van der Waals surface area (Å²) in [5.74, 6) is 0.299. The average molecular weight is 403 g/mol. The lowest BCUT2D eigenvalue weighted by molar-refractivity contribution is 0.0935. The molecular formula is C16H23BrN2O3S. The zero-order valence-corrected chi connectivity index (χ0v) is 16.1. The van der Waals surface area contributed by atoms with Crippen molar-refractivity contribution >= 4 is 31.9 Å². The fraction of sp³-hybridized carbons (Fsp3) is 0.562. The highest BCUT2D eigenvalue weighted by Gasteiger charge is 2.30. The summed E-state index contributed by atoms with van der Waals surface area (Å²) >= 11 is 3.34. The topological polar surface area (TPSA) is 66.5 Å². The van der Waals surface area contributed by atoms with Crippen LogP contribution in [0, 0.1) is 5.92 Å². The minimum absolute atomic E-state index is 0.109. The summed E-state index contributed by atoms with van der Waals surface area (Å²) in [5, 5.41) is 2.96. The van der Waals surface area contributed by atoms with E-state index in [2.05, 4.69) is 21.2 Å². The molecule has 2 rings (SSSR count). The molecule has 23 heavy (non-hydrogen) atoms. The Morgan fingerprint density at radius 2 is 1.96 bits per heavy atom. The van der Waals surface area contributed by atoms with Crippen LogP contribution in [0.15, 0.2) is 27.6 Å². The molecule has 1 N–H and O–H groups in total. The molecule has 0 bridgehead atoms. The number of rotatable bonds is 7. The highest BCUT2D eigenvalue weighted by molar-refractivity contribution is 9.10. The van der Waals surface area contributed by atoms with Crippen LogP contribution in [0.25, 0.3) is 0 Å². The van der Waals surface area contributed by atoms with Crippen molar-refractivity contribution in [3.05, 3.63) is 28.2 Å². The molecule has 1 unspecified atom stereocenters. The highest BCUT2D eigenvalue weighted by Crippen LogP contribution is 2.32. The van der Waals surface area contributed by atoms with Crippen LogP contribution in [0.5, 0.6) is 0 Å². The Labute approximate surface area is 146 Å². The molecule has 0 saturated heterocycles. The third-order valence-corrected chi connectivity index (χ3v) is 6.95. The van der Waals surface area contributed by atoms with Gasteiger partial charge in [-0.15, -0.1) is 0 Å². The smallest absolute Gasteiger partial charge is 0.252 e. The Morgan fingerprint density at radius 1 is 1.35 bits per heavy atom. The molecule has 5 nitrogen and oxygen atoms in total. The summed E-state index contributed by atoms with van der Waals surface area (Å²) in [5.41, 5.74) is 0.353. The van der Waals surface area contributed by atoms with E-state index < -0.39 is 10.0 Å². The van der Waals surface area contributed by atoms with Gasteiger partial charge in [0.15, 0.2) is 0 Å². The molecule has 1 aliphatic carbocycles. The summed E-state index contributed by atoms with van der Waals surface area (Å²) in [4.78, 5) is 12.6. The van der Waals surface area contributed by atoms with Gasteiger partial charge in [0.25, 0.3) is 5.91 Å². The molecule has 0 heterocycles. The molecule has 1 fully saturated rings. The van der Waals surface area contributed by atoms with E-state index in [4.69, 9.17) is 0 Å². The van der Waals surface area contributed by atoms with Gasteiger partial charge in [0.2, 0.25) is 10.0 Å². The van der Waals surface area contributed by atoms with Gasteiger partial charge in [-0.1, -0.05) is 13.8 Å². The van der Waals surface area contributed by atoms with Crippen molar-refractivity contribution in [2.24, 2.45) is 5.92 Å². The maximum atomic E-state index is 12.6. The molecule has 7 heteroatoms. The van der Waals surface area contributed by atoms with Gasteiger partial charge in [0.05, 0.1) is 10.5 Å². The molecule has 0 aromatic heterocycles. The van der Waals surface area contributed by atoms with Crippen molar-refractivity contribution in [3.8, 4) is 0 Å². The van der Waals surface area contributed by atoms with Gasteiger partial charge in [-0.3, -0.25) is 4.79 Å². The zero-order valence-electron chi connectivity index (χ0n) is 13.7. The summed E-state index contributed by atoms with van der Waals surface area (Å²) in [6.07, 6.45) is 2.28. The van der Waals surface area contributed by atoms with E-state index in [1.807, 2.05) is 6.92 Å². The first-order chi connectivity index (χ1) is 10.8. The molecule has 1 aromatic rings. The van der Waals surface area contributed by atoms with Gasteiger partial charge >= 0.3 is 0 Å². The number of carbonyl (C=O) groups is 1. The number of nitrogens with zero attached hydrogens (tertiary/aromatic N) is 1. The molecule has 1 atom stereocenters. The van der Waals surface area contributed by atoms with Crippen molar-refractivity contribution in [1.29, 1.82) is 0 Å². The number of sulfonamides is 1. The third kappa shape index (κ3) is 4.14. The standard InChI is InChI=1S/C16H23BrN2O3S/c1-4-19(5-2)23(21,22)13-8-9-15(17)14(10-13)16(20)18-11(3)12-6-7-12/h8-12H,4-7H2,1-3H3,(H,18,20). The number of benzene rings is 1.